The Morgan fingerprint density at radius 1 is 1.82 bits per heavy atom. The van der Waals surface area contributed by atoms with E-state index in [9.17, 15) is 4.79 Å². The summed E-state index contributed by atoms with van der Waals surface area (Å²) in [4.78, 5) is 10.2. The molecule has 1 heterocycles. The first kappa shape index (κ1) is 11.0. The number of nitrogens with two attached hydrogens (primary N) is 1. The fourth-order valence-corrected chi connectivity index (χ4v) is 0.959. The third-order valence-corrected chi connectivity index (χ3v) is 1.71. The molecule has 4 nitrogen and oxygen atoms in total. The average Bonchev–Trinajstić information content (AvgIpc) is 2.34. The molecule has 1 rings (SSSR count). The Hall–Kier alpha value is 0.0300. The number of aromatic nitrogens is 1. The summed E-state index contributed by atoms with van der Waals surface area (Å²) in [6.45, 7) is 0. The molecule has 56 valence electrons. The molecule has 1 amide bonds. The third kappa shape index (κ3) is 4.47. The van der Waals surface area contributed by atoms with Crippen LogP contribution >= 0.6 is 11.8 Å². The molecule has 0 saturated heterocycles. The molecule has 0 bridgehead atoms. The quantitative estimate of drug-likeness (QED) is 0.510. The summed E-state index contributed by atoms with van der Waals surface area (Å²) in [6, 6.07) is 1.67. The van der Waals surface area contributed by atoms with Crippen LogP contribution in [0.2, 0.25) is 0 Å². The van der Waals surface area contributed by atoms with Crippen molar-refractivity contribution in [3.8, 4) is 0 Å². The molecular weight excluding hydrogens is 175 g/mol. The molecule has 1 aromatic rings. The Balaban J connectivity index is 0.000001000. The fourth-order valence-electron chi connectivity index (χ4n) is 0.421. The molecule has 0 aromatic carbocycles. The number of hydrogen-bond acceptors (Lipinski definition) is 4. The molecule has 0 saturated carbocycles. The number of rotatable bonds is 3. The number of thioether (sulfide) groups is 1. The third-order valence-electron chi connectivity index (χ3n) is 0.776. The van der Waals surface area contributed by atoms with Crippen LogP contribution in [0.3, 0.4) is 0 Å². The summed E-state index contributed by atoms with van der Waals surface area (Å²) in [5, 5.41) is 4.25. The second-order valence-corrected chi connectivity index (χ2v) is 2.59. The van der Waals surface area contributed by atoms with Gasteiger partial charge in [-0.1, -0.05) is 16.9 Å². The van der Waals surface area contributed by atoms with E-state index in [0.717, 1.165) is 0 Å². The van der Waals surface area contributed by atoms with E-state index in [2.05, 4.69) is 9.68 Å². The van der Waals surface area contributed by atoms with Gasteiger partial charge in [-0.25, -0.2) is 0 Å². The van der Waals surface area contributed by atoms with E-state index in [1.165, 1.54) is 18.0 Å². The van der Waals surface area contributed by atoms with Gasteiger partial charge in [0.05, 0.1) is 5.75 Å². The van der Waals surface area contributed by atoms with Crippen molar-refractivity contribution in [3.05, 3.63) is 12.3 Å². The predicted molar refractivity (Wildman–Crippen MR) is 43.6 cm³/mol. The van der Waals surface area contributed by atoms with E-state index in [0.29, 0.717) is 5.03 Å². The molecule has 0 spiro atoms. The van der Waals surface area contributed by atoms with Crippen molar-refractivity contribution in [2.75, 3.05) is 5.75 Å². The van der Waals surface area contributed by atoms with Crippen LogP contribution in [0.15, 0.2) is 21.9 Å². The van der Waals surface area contributed by atoms with E-state index in [4.69, 9.17) is 5.73 Å². The predicted octanol–water partition coefficient (Wildman–Crippen LogP) is -0.397. The first-order valence-electron chi connectivity index (χ1n) is 2.60. The van der Waals surface area contributed by atoms with Gasteiger partial charge in [0.15, 0.2) is 0 Å². The molecule has 1 aromatic heterocycles. The minimum absolute atomic E-state index is 0. The van der Waals surface area contributed by atoms with Gasteiger partial charge in [-0.3, -0.25) is 4.79 Å². The Morgan fingerprint density at radius 3 is 3.00 bits per heavy atom. The van der Waals surface area contributed by atoms with Crippen LogP contribution in [-0.4, -0.2) is 46.4 Å². The SMILES string of the molecule is NC(=O)CSc1ccon1.[NaH]. The number of carbonyl (C=O) groups excluding carboxylic acids is 1. The maximum atomic E-state index is 10.2. The van der Waals surface area contributed by atoms with Crippen molar-refractivity contribution in [1.82, 2.24) is 5.16 Å². The Kier molecular flexibility index (Phi) is 5.67. The molecule has 6 heteroatoms. The fraction of sp³-hybridized carbons (Fsp3) is 0.200. The van der Waals surface area contributed by atoms with Crippen molar-refractivity contribution >= 4 is 47.2 Å². The van der Waals surface area contributed by atoms with Crippen LogP contribution in [0.5, 0.6) is 0 Å². The zero-order valence-electron chi connectivity index (χ0n) is 5.11. The average molecular weight is 182 g/mol. The van der Waals surface area contributed by atoms with Crippen LogP contribution in [0.4, 0.5) is 0 Å². The summed E-state index contributed by atoms with van der Waals surface area (Å²) >= 11 is 1.26. The molecule has 2 N–H and O–H groups in total. The normalized spacial score (nSPS) is 8.73. The molecule has 0 atom stereocenters. The van der Waals surface area contributed by atoms with E-state index < -0.39 is 0 Å². The van der Waals surface area contributed by atoms with Crippen LogP contribution in [-0.2, 0) is 4.79 Å². The van der Waals surface area contributed by atoms with Gasteiger partial charge in [0.1, 0.15) is 11.3 Å². The van der Waals surface area contributed by atoms with Gasteiger partial charge in [-0.2, -0.15) is 0 Å². The van der Waals surface area contributed by atoms with Gasteiger partial charge in [0.25, 0.3) is 0 Å². The van der Waals surface area contributed by atoms with Gasteiger partial charge in [-0.15, -0.1) is 0 Å². The molecule has 0 aliphatic rings. The number of amides is 1. The standard InChI is InChI=1S/C5H6N2O2S.Na.H/c6-4(8)3-10-5-1-2-9-7-5;;/h1-2H,3H2,(H2,6,8);;. The van der Waals surface area contributed by atoms with Gasteiger partial charge >= 0.3 is 29.6 Å². The van der Waals surface area contributed by atoms with Gasteiger partial charge < -0.3 is 10.3 Å². The molecule has 0 unspecified atom stereocenters. The molecule has 0 aliphatic heterocycles. The van der Waals surface area contributed by atoms with Crippen LogP contribution in [0.1, 0.15) is 0 Å². The summed E-state index contributed by atoms with van der Waals surface area (Å²) in [6.07, 6.45) is 1.45. The molecule has 0 fully saturated rings. The monoisotopic (exact) mass is 182 g/mol. The first-order valence-corrected chi connectivity index (χ1v) is 3.59. The number of hydrogen-bond donors (Lipinski definition) is 1. The molecular formula is C5H7N2NaO2S. The van der Waals surface area contributed by atoms with Crippen molar-refractivity contribution in [1.29, 1.82) is 0 Å². The molecule has 11 heavy (non-hydrogen) atoms. The van der Waals surface area contributed by atoms with E-state index in [-0.39, 0.29) is 41.2 Å². The zero-order chi connectivity index (χ0) is 7.40. The van der Waals surface area contributed by atoms with Crippen molar-refractivity contribution in [3.63, 3.8) is 0 Å². The first-order chi connectivity index (χ1) is 4.79. The van der Waals surface area contributed by atoms with Gasteiger partial charge in [0.2, 0.25) is 5.91 Å². The summed E-state index contributed by atoms with van der Waals surface area (Å²) in [5.41, 5.74) is 4.89. The summed E-state index contributed by atoms with van der Waals surface area (Å²) < 4.78 is 4.52. The van der Waals surface area contributed by atoms with Crippen LogP contribution in [0.25, 0.3) is 0 Å². The number of nitrogens with zero attached hydrogens (tertiary/aromatic N) is 1. The van der Waals surface area contributed by atoms with Gasteiger partial charge in [0, 0.05) is 6.07 Å². The van der Waals surface area contributed by atoms with E-state index in [1.54, 1.807) is 6.07 Å². The minimum atomic E-state index is -0.354. The van der Waals surface area contributed by atoms with E-state index >= 15 is 0 Å². The van der Waals surface area contributed by atoms with Crippen molar-refractivity contribution in [2.45, 2.75) is 5.03 Å². The Labute approximate surface area is 90.2 Å². The second-order valence-electron chi connectivity index (χ2n) is 1.59. The van der Waals surface area contributed by atoms with Crippen molar-refractivity contribution < 1.29 is 9.32 Å². The maximum absolute atomic E-state index is 10.2. The van der Waals surface area contributed by atoms with E-state index in [1.807, 2.05) is 0 Å². The van der Waals surface area contributed by atoms with Gasteiger partial charge in [-0.05, 0) is 0 Å². The molecule has 0 aliphatic carbocycles. The Bertz CT molecular complexity index is 214. The molecule has 0 radical (unpaired) electrons. The summed E-state index contributed by atoms with van der Waals surface area (Å²) in [5.74, 6) is -0.111. The Morgan fingerprint density at radius 2 is 2.55 bits per heavy atom. The van der Waals surface area contributed by atoms with Crippen molar-refractivity contribution in [2.24, 2.45) is 5.73 Å². The number of primary amides is 1. The topological polar surface area (TPSA) is 69.1 Å². The second kappa shape index (κ2) is 5.65. The van der Waals surface area contributed by atoms with Crippen LogP contribution in [0, 0.1) is 0 Å². The number of carbonyl (C=O) groups is 1. The summed E-state index contributed by atoms with van der Waals surface area (Å²) in [7, 11) is 0. The van der Waals surface area contributed by atoms with Crippen LogP contribution < -0.4 is 5.73 Å². The zero-order valence-corrected chi connectivity index (χ0v) is 5.93.